The summed E-state index contributed by atoms with van der Waals surface area (Å²) in [5.74, 6) is 0. The molecular formula is C52H31NO2S. The molecule has 0 atom stereocenters. The van der Waals surface area contributed by atoms with Gasteiger partial charge in [0.2, 0.25) is 0 Å². The van der Waals surface area contributed by atoms with Crippen LogP contribution < -0.4 is 4.90 Å². The first-order chi connectivity index (χ1) is 27.8. The second-order valence-corrected chi connectivity index (χ2v) is 15.5. The van der Waals surface area contributed by atoms with Gasteiger partial charge in [0.15, 0.2) is 0 Å². The Morgan fingerprint density at radius 2 is 1.05 bits per heavy atom. The predicted molar refractivity (Wildman–Crippen MR) is 237 cm³/mol. The highest BCUT2D eigenvalue weighted by atomic mass is 32.1. The Kier molecular flexibility index (Phi) is 6.80. The number of hydrogen-bond donors (Lipinski definition) is 0. The number of benzene rings is 9. The number of fused-ring (bicyclic) bond motifs is 11. The van der Waals surface area contributed by atoms with Crippen molar-refractivity contribution in [3.05, 3.63) is 188 Å². The molecular weight excluding hydrogens is 703 g/mol. The SMILES string of the molecule is c1ccc(-c2ccc(N(c3ccc4c(c3)oc3ccccc34)c3cccc4oc5c(-c6cccc7sc8ccccc8c67)cc6ccccc6c5c34)cc2)cc1. The summed E-state index contributed by atoms with van der Waals surface area (Å²) in [4.78, 5) is 2.35. The van der Waals surface area contributed by atoms with Crippen LogP contribution in [0.1, 0.15) is 0 Å². The van der Waals surface area contributed by atoms with Gasteiger partial charge in [-0.2, -0.15) is 0 Å². The van der Waals surface area contributed by atoms with Crippen LogP contribution in [0.3, 0.4) is 0 Å². The molecule has 0 saturated carbocycles. The first-order valence-corrected chi connectivity index (χ1v) is 19.7. The fourth-order valence-electron chi connectivity index (χ4n) is 8.75. The minimum Gasteiger partial charge on any atom is -0.456 e. The highest BCUT2D eigenvalue weighted by molar-refractivity contribution is 7.25. The molecule has 0 unspecified atom stereocenters. The first kappa shape index (κ1) is 31.2. The third kappa shape index (κ3) is 4.70. The van der Waals surface area contributed by atoms with Crippen LogP contribution in [0.2, 0.25) is 0 Å². The molecule has 262 valence electrons. The van der Waals surface area contributed by atoms with Gasteiger partial charge in [-0.1, -0.05) is 121 Å². The molecule has 3 aromatic heterocycles. The van der Waals surface area contributed by atoms with E-state index in [-0.39, 0.29) is 0 Å². The standard InChI is InChI=1S/C52H31NO2S/c1-2-12-32(13-3-1)33-24-26-35(27-25-33)53(36-28-29-39-38-16-6-8-20-44(38)54-46(39)31-36)43-19-11-21-45-51(43)50-37-15-5-4-14-34(37)30-42(52(50)55-45)40-18-10-23-48-49(40)41-17-7-9-22-47(41)56-48/h1-31H. The van der Waals surface area contributed by atoms with Crippen molar-refractivity contribution in [2.24, 2.45) is 0 Å². The molecule has 0 amide bonds. The fraction of sp³-hybridized carbons (Fsp3) is 0. The van der Waals surface area contributed by atoms with Gasteiger partial charge in [0.05, 0.1) is 11.1 Å². The Bertz CT molecular complexity index is 3480. The number of anilines is 3. The molecule has 9 aromatic carbocycles. The predicted octanol–water partition coefficient (Wildman–Crippen LogP) is 15.8. The van der Waals surface area contributed by atoms with Crippen molar-refractivity contribution in [2.75, 3.05) is 4.90 Å². The number of nitrogens with zero attached hydrogens (tertiary/aromatic N) is 1. The maximum Gasteiger partial charge on any atom is 0.143 e. The Balaban J connectivity index is 1.15. The van der Waals surface area contributed by atoms with Gasteiger partial charge in [-0.15, -0.1) is 11.3 Å². The lowest BCUT2D eigenvalue weighted by molar-refractivity contribution is 0.669. The number of para-hydroxylation sites is 1. The van der Waals surface area contributed by atoms with Crippen molar-refractivity contribution in [1.82, 2.24) is 0 Å². The summed E-state index contributed by atoms with van der Waals surface area (Å²) >= 11 is 1.84. The van der Waals surface area contributed by atoms with Gasteiger partial charge in [-0.25, -0.2) is 0 Å². The van der Waals surface area contributed by atoms with Crippen LogP contribution in [0.5, 0.6) is 0 Å². The zero-order valence-corrected chi connectivity index (χ0v) is 30.9. The van der Waals surface area contributed by atoms with E-state index in [0.717, 1.165) is 71.9 Å². The lowest BCUT2D eigenvalue weighted by Crippen LogP contribution is -2.10. The van der Waals surface area contributed by atoms with Gasteiger partial charge in [-0.05, 0) is 88.1 Å². The van der Waals surface area contributed by atoms with Gasteiger partial charge in [-0.3, -0.25) is 0 Å². The zero-order valence-electron chi connectivity index (χ0n) is 30.1. The Hall–Kier alpha value is -7.14. The second kappa shape index (κ2) is 12.2. The lowest BCUT2D eigenvalue weighted by atomic mass is 9.93. The third-order valence-electron chi connectivity index (χ3n) is 11.3. The molecule has 0 aliphatic rings. The smallest absolute Gasteiger partial charge is 0.143 e. The maximum absolute atomic E-state index is 7.09. The molecule has 0 saturated heterocycles. The zero-order chi connectivity index (χ0) is 36.7. The van der Waals surface area contributed by atoms with Gasteiger partial charge in [0.1, 0.15) is 22.3 Å². The molecule has 0 bridgehead atoms. The van der Waals surface area contributed by atoms with E-state index >= 15 is 0 Å². The van der Waals surface area contributed by atoms with Crippen LogP contribution in [0, 0.1) is 0 Å². The van der Waals surface area contributed by atoms with E-state index in [0.29, 0.717) is 0 Å². The molecule has 0 fully saturated rings. The van der Waals surface area contributed by atoms with Crippen LogP contribution in [0.25, 0.3) is 97.1 Å². The van der Waals surface area contributed by atoms with Gasteiger partial charge < -0.3 is 13.7 Å². The first-order valence-electron chi connectivity index (χ1n) is 18.9. The Morgan fingerprint density at radius 3 is 1.95 bits per heavy atom. The van der Waals surface area contributed by atoms with Crippen molar-refractivity contribution in [3.63, 3.8) is 0 Å². The Labute approximate surface area is 325 Å². The number of furan rings is 2. The van der Waals surface area contributed by atoms with Crippen LogP contribution in [-0.2, 0) is 0 Å². The number of hydrogen-bond acceptors (Lipinski definition) is 4. The average molecular weight is 734 g/mol. The molecule has 4 heteroatoms. The highest BCUT2D eigenvalue weighted by Gasteiger charge is 2.24. The Morgan fingerprint density at radius 1 is 0.375 bits per heavy atom. The minimum atomic E-state index is 0.841. The van der Waals surface area contributed by atoms with Crippen LogP contribution in [0.4, 0.5) is 17.1 Å². The summed E-state index contributed by atoms with van der Waals surface area (Å²) in [5.41, 5.74) is 11.2. The summed E-state index contributed by atoms with van der Waals surface area (Å²) in [6.07, 6.45) is 0. The topological polar surface area (TPSA) is 29.5 Å². The summed E-state index contributed by atoms with van der Waals surface area (Å²) in [6.45, 7) is 0. The quantitative estimate of drug-likeness (QED) is 0.176. The molecule has 0 aliphatic carbocycles. The summed E-state index contributed by atoms with van der Waals surface area (Å²) in [7, 11) is 0. The fourth-order valence-corrected chi connectivity index (χ4v) is 9.88. The van der Waals surface area contributed by atoms with Crippen LogP contribution >= 0.6 is 11.3 Å². The number of rotatable bonds is 5. The van der Waals surface area contributed by atoms with E-state index in [2.05, 4.69) is 181 Å². The molecule has 0 radical (unpaired) electrons. The van der Waals surface area contributed by atoms with Crippen molar-refractivity contribution in [2.45, 2.75) is 0 Å². The van der Waals surface area contributed by atoms with Gasteiger partial charge >= 0.3 is 0 Å². The van der Waals surface area contributed by atoms with E-state index in [1.54, 1.807) is 0 Å². The van der Waals surface area contributed by atoms with Crippen molar-refractivity contribution >= 4 is 103 Å². The molecule has 12 rings (SSSR count). The van der Waals surface area contributed by atoms with Crippen LogP contribution in [-0.4, -0.2) is 0 Å². The molecule has 3 nitrogen and oxygen atoms in total. The molecule has 56 heavy (non-hydrogen) atoms. The van der Waals surface area contributed by atoms with Gasteiger partial charge in [0.25, 0.3) is 0 Å². The molecule has 0 N–H and O–H groups in total. The van der Waals surface area contributed by atoms with Crippen molar-refractivity contribution in [1.29, 1.82) is 0 Å². The van der Waals surface area contributed by atoms with E-state index in [1.807, 2.05) is 23.5 Å². The van der Waals surface area contributed by atoms with Crippen molar-refractivity contribution < 1.29 is 8.83 Å². The van der Waals surface area contributed by atoms with E-state index in [4.69, 9.17) is 8.83 Å². The van der Waals surface area contributed by atoms with E-state index in [1.165, 1.54) is 42.2 Å². The van der Waals surface area contributed by atoms with Gasteiger partial charge in [0, 0.05) is 59.3 Å². The normalized spacial score (nSPS) is 11.9. The molecule has 3 heterocycles. The maximum atomic E-state index is 7.09. The second-order valence-electron chi connectivity index (χ2n) is 14.4. The largest absolute Gasteiger partial charge is 0.456 e. The number of thiophene rings is 1. The van der Waals surface area contributed by atoms with Crippen molar-refractivity contribution in [3.8, 4) is 22.3 Å². The average Bonchev–Trinajstić information content (AvgIpc) is 3.96. The van der Waals surface area contributed by atoms with E-state index < -0.39 is 0 Å². The molecule has 12 aromatic rings. The van der Waals surface area contributed by atoms with Crippen LogP contribution in [0.15, 0.2) is 197 Å². The van der Waals surface area contributed by atoms with E-state index in [9.17, 15) is 0 Å². The summed E-state index contributed by atoms with van der Waals surface area (Å²) < 4.78 is 16.1. The molecule has 0 spiro atoms. The lowest BCUT2D eigenvalue weighted by Gasteiger charge is -2.26. The highest BCUT2D eigenvalue weighted by Crippen LogP contribution is 2.50. The molecule has 0 aliphatic heterocycles. The third-order valence-corrected chi connectivity index (χ3v) is 12.4. The minimum absolute atomic E-state index is 0.841. The monoisotopic (exact) mass is 733 g/mol. The summed E-state index contributed by atoms with van der Waals surface area (Å²) in [5, 5.41) is 9.26. The summed E-state index contributed by atoms with van der Waals surface area (Å²) in [6, 6.07) is 67.1.